The highest BCUT2D eigenvalue weighted by atomic mass is 35.5. The molecule has 7 nitrogen and oxygen atoms in total. The molecule has 0 spiro atoms. The molecule has 4 saturated carbocycles. The maximum atomic E-state index is 6.41. The van der Waals surface area contributed by atoms with Gasteiger partial charge in [0.05, 0.1) is 18.5 Å². The normalized spacial score (nSPS) is 37.6. The SMILES string of the molecule is CC1(C)O[C@@H]2[C@@H]3C[C@@H]3[C@@H](n3cnc4c(N[C@@H](C5CCC5)C5CC5)nc(Cl)nc43)[C@@H]2O1. The number of anilines is 1. The van der Waals surface area contributed by atoms with Crippen molar-refractivity contribution in [3.8, 4) is 0 Å². The maximum Gasteiger partial charge on any atom is 0.226 e. The average molecular weight is 430 g/mol. The zero-order valence-corrected chi connectivity index (χ0v) is 18.2. The first-order chi connectivity index (χ1) is 14.5. The van der Waals surface area contributed by atoms with Crippen LogP contribution < -0.4 is 5.32 Å². The summed E-state index contributed by atoms with van der Waals surface area (Å²) < 4.78 is 14.7. The summed E-state index contributed by atoms with van der Waals surface area (Å²) in [5.41, 5.74) is 1.63. The summed E-state index contributed by atoms with van der Waals surface area (Å²) in [6, 6.07) is 0.672. The zero-order chi connectivity index (χ0) is 20.2. The van der Waals surface area contributed by atoms with Crippen molar-refractivity contribution in [3.63, 3.8) is 0 Å². The second-order valence-corrected chi connectivity index (χ2v) is 10.8. The summed E-state index contributed by atoms with van der Waals surface area (Å²) in [5, 5.41) is 4.02. The minimum absolute atomic E-state index is 0.0421. The number of halogens is 1. The fourth-order valence-corrected chi connectivity index (χ4v) is 6.43. The summed E-state index contributed by atoms with van der Waals surface area (Å²) >= 11 is 6.41. The molecule has 1 saturated heterocycles. The van der Waals surface area contributed by atoms with Crippen molar-refractivity contribution < 1.29 is 9.47 Å². The molecule has 3 heterocycles. The predicted molar refractivity (Wildman–Crippen MR) is 112 cm³/mol. The lowest BCUT2D eigenvalue weighted by molar-refractivity contribution is -0.156. The Bertz CT molecular complexity index is 1020. The third-order valence-corrected chi connectivity index (χ3v) is 8.23. The molecular weight excluding hydrogens is 402 g/mol. The van der Waals surface area contributed by atoms with Crippen molar-refractivity contribution in [2.75, 3.05) is 5.32 Å². The molecule has 8 heteroatoms. The predicted octanol–water partition coefficient (Wildman–Crippen LogP) is 4.18. The Balaban J connectivity index is 1.26. The first-order valence-corrected chi connectivity index (χ1v) is 11.9. The van der Waals surface area contributed by atoms with Gasteiger partial charge < -0.3 is 19.4 Å². The number of hydrogen-bond acceptors (Lipinski definition) is 6. The second kappa shape index (κ2) is 6.08. The van der Waals surface area contributed by atoms with E-state index >= 15 is 0 Å². The number of fused-ring (bicyclic) bond motifs is 4. The number of aromatic nitrogens is 4. The van der Waals surface area contributed by atoms with E-state index in [2.05, 4.69) is 19.9 Å². The number of rotatable bonds is 5. The Labute approximate surface area is 180 Å². The van der Waals surface area contributed by atoms with E-state index in [1.807, 2.05) is 20.2 Å². The minimum atomic E-state index is -0.531. The molecule has 7 rings (SSSR count). The van der Waals surface area contributed by atoms with E-state index in [-0.39, 0.29) is 23.5 Å². The third-order valence-electron chi connectivity index (χ3n) is 8.06. The van der Waals surface area contributed by atoms with Crippen LogP contribution in [0.2, 0.25) is 5.28 Å². The minimum Gasteiger partial charge on any atom is -0.365 e. The van der Waals surface area contributed by atoms with Crippen molar-refractivity contribution in [2.45, 2.75) is 82.5 Å². The van der Waals surface area contributed by atoms with Gasteiger partial charge >= 0.3 is 0 Å². The van der Waals surface area contributed by atoms with Crippen molar-refractivity contribution in [3.05, 3.63) is 11.6 Å². The number of nitrogens with one attached hydrogen (secondary N) is 1. The molecule has 2 aromatic rings. The van der Waals surface area contributed by atoms with Gasteiger partial charge in [0.15, 0.2) is 22.8 Å². The Hall–Kier alpha value is -1.44. The fraction of sp³-hybridized carbons (Fsp3) is 0.773. The highest BCUT2D eigenvalue weighted by molar-refractivity contribution is 6.28. The van der Waals surface area contributed by atoms with E-state index < -0.39 is 5.79 Å². The van der Waals surface area contributed by atoms with Gasteiger partial charge in [-0.2, -0.15) is 9.97 Å². The molecule has 1 aliphatic heterocycles. The van der Waals surface area contributed by atoms with Gasteiger partial charge in [-0.1, -0.05) is 6.42 Å². The Kier molecular flexibility index (Phi) is 3.68. The highest BCUT2D eigenvalue weighted by Gasteiger charge is 2.66. The van der Waals surface area contributed by atoms with Crippen LogP contribution >= 0.6 is 11.6 Å². The monoisotopic (exact) mass is 429 g/mol. The van der Waals surface area contributed by atoms with Crippen LogP contribution in [0, 0.1) is 23.7 Å². The Morgan fingerprint density at radius 3 is 2.60 bits per heavy atom. The van der Waals surface area contributed by atoms with E-state index in [9.17, 15) is 0 Å². The first kappa shape index (κ1) is 18.2. The molecule has 0 aromatic carbocycles. The first-order valence-electron chi connectivity index (χ1n) is 11.5. The Morgan fingerprint density at radius 2 is 1.87 bits per heavy atom. The van der Waals surface area contributed by atoms with E-state index in [4.69, 9.17) is 26.1 Å². The van der Waals surface area contributed by atoms with Gasteiger partial charge in [0.1, 0.15) is 6.10 Å². The topological polar surface area (TPSA) is 74.1 Å². The summed E-state index contributed by atoms with van der Waals surface area (Å²) in [7, 11) is 0. The largest absolute Gasteiger partial charge is 0.365 e. The molecule has 5 aliphatic rings. The summed E-state index contributed by atoms with van der Waals surface area (Å²) in [5.74, 6) is 2.91. The lowest BCUT2D eigenvalue weighted by atomic mass is 9.78. The highest BCUT2D eigenvalue weighted by Crippen LogP contribution is 2.63. The molecule has 6 atom stereocenters. The van der Waals surface area contributed by atoms with Crippen molar-refractivity contribution in [2.24, 2.45) is 23.7 Å². The summed E-state index contributed by atoms with van der Waals surface area (Å²) in [6.45, 7) is 4.01. The van der Waals surface area contributed by atoms with Crippen LogP contribution in [0.1, 0.15) is 58.4 Å². The lowest BCUT2D eigenvalue weighted by Gasteiger charge is -2.35. The molecule has 1 N–H and O–H groups in total. The number of hydrogen-bond donors (Lipinski definition) is 1. The van der Waals surface area contributed by atoms with Crippen LogP contribution in [0.4, 0.5) is 5.82 Å². The van der Waals surface area contributed by atoms with E-state index in [1.165, 1.54) is 38.5 Å². The van der Waals surface area contributed by atoms with Crippen LogP contribution in [0.3, 0.4) is 0 Å². The number of nitrogens with zero attached hydrogens (tertiary/aromatic N) is 4. The van der Waals surface area contributed by atoms with Crippen molar-refractivity contribution in [1.29, 1.82) is 0 Å². The molecule has 4 aliphatic carbocycles. The lowest BCUT2D eigenvalue weighted by Crippen LogP contribution is -2.35. The zero-order valence-electron chi connectivity index (χ0n) is 17.4. The molecule has 5 fully saturated rings. The Morgan fingerprint density at radius 1 is 1.10 bits per heavy atom. The van der Waals surface area contributed by atoms with Gasteiger partial charge in [-0.3, -0.25) is 0 Å². The molecule has 2 aromatic heterocycles. The van der Waals surface area contributed by atoms with E-state index in [0.29, 0.717) is 17.9 Å². The molecule has 160 valence electrons. The standard InChI is InChI=1S/C22H28ClN5O2/c1-22(2)29-17-13-8-12(13)16(18(17)30-22)28-9-24-15-19(26-21(23)27-20(15)28)25-14(11-6-7-11)10-4-3-5-10/h9-14,16-18H,3-8H2,1-2H3,(H,25,26,27)/t12-,13+,14-,16+,17+,18-/m0/s1. The van der Waals surface area contributed by atoms with Gasteiger partial charge in [0.25, 0.3) is 0 Å². The number of imidazole rings is 1. The average Bonchev–Trinajstić information content (AvgIpc) is 3.53. The second-order valence-electron chi connectivity index (χ2n) is 10.5. The summed E-state index contributed by atoms with van der Waals surface area (Å²) in [4.78, 5) is 13.9. The van der Waals surface area contributed by atoms with Crippen LogP contribution in [-0.2, 0) is 9.47 Å². The number of ether oxygens (including phenoxy) is 2. The molecular formula is C22H28ClN5O2. The van der Waals surface area contributed by atoms with Crippen molar-refractivity contribution in [1.82, 2.24) is 19.5 Å². The maximum absolute atomic E-state index is 6.41. The van der Waals surface area contributed by atoms with Gasteiger partial charge in [0, 0.05) is 6.04 Å². The molecule has 0 amide bonds. The third kappa shape index (κ3) is 2.67. The van der Waals surface area contributed by atoms with Gasteiger partial charge in [0.2, 0.25) is 5.28 Å². The van der Waals surface area contributed by atoms with Crippen LogP contribution in [0.15, 0.2) is 6.33 Å². The van der Waals surface area contributed by atoms with Crippen LogP contribution in [0.5, 0.6) is 0 Å². The van der Waals surface area contributed by atoms with E-state index in [1.54, 1.807) is 0 Å². The van der Waals surface area contributed by atoms with Gasteiger partial charge in [-0.25, -0.2) is 4.98 Å². The van der Waals surface area contributed by atoms with Crippen molar-refractivity contribution >= 4 is 28.6 Å². The van der Waals surface area contributed by atoms with Gasteiger partial charge in [-0.15, -0.1) is 0 Å². The summed E-state index contributed by atoms with van der Waals surface area (Å²) in [6.07, 6.45) is 9.89. The molecule has 0 unspecified atom stereocenters. The fourth-order valence-electron chi connectivity index (χ4n) is 6.27. The van der Waals surface area contributed by atoms with Crippen LogP contribution in [0.25, 0.3) is 11.2 Å². The van der Waals surface area contributed by atoms with Crippen LogP contribution in [-0.4, -0.2) is 43.6 Å². The molecule has 30 heavy (non-hydrogen) atoms. The van der Waals surface area contributed by atoms with Gasteiger partial charge in [-0.05, 0) is 81.2 Å². The molecule has 0 bridgehead atoms. The van der Waals surface area contributed by atoms with E-state index in [0.717, 1.165) is 28.8 Å². The quantitative estimate of drug-likeness (QED) is 0.718. The molecule has 0 radical (unpaired) electrons. The smallest absolute Gasteiger partial charge is 0.226 e.